The number of hydrogen-bond donors (Lipinski definition) is 1. The molecule has 0 aliphatic carbocycles. The Morgan fingerprint density at radius 2 is 1.50 bits per heavy atom. The van der Waals surface area contributed by atoms with Gasteiger partial charge in [0.2, 0.25) is 0 Å². The molecule has 0 saturated carbocycles. The van der Waals surface area contributed by atoms with Crippen molar-refractivity contribution in [3.05, 3.63) is 17.7 Å². The Morgan fingerprint density at radius 3 is 1.79 bits per heavy atom. The molecule has 0 radical (unpaired) electrons. The summed E-state index contributed by atoms with van der Waals surface area (Å²) in [5.74, 6) is 1.78. The predicted molar refractivity (Wildman–Crippen MR) is 55.3 cm³/mol. The zero-order valence-corrected chi connectivity index (χ0v) is 9.00. The summed E-state index contributed by atoms with van der Waals surface area (Å²) in [6.07, 6.45) is 0. The summed E-state index contributed by atoms with van der Waals surface area (Å²) < 4.78 is 10.4. The lowest BCUT2D eigenvalue weighted by atomic mass is 10.0. The minimum absolute atomic E-state index is 0.156. The molecule has 1 N–H and O–H groups in total. The Labute approximate surface area is 84.3 Å². The van der Waals surface area contributed by atoms with Crippen LogP contribution in [0, 0.1) is 0 Å². The molecule has 3 heteroatoms. The predicted octanol–water partition coefficient (Wildman–Crippen LogP) is 2.53. The Morgan fingerprint density at radius 1 is 1.07 bits per heavy atom. The number of phenolic OH excluding ortho intramolecular Hbond substituents is 1. The minimum atomic E-state index is 0.156. The van der Waals surface area contributed by atoms with Crippen LogP contribution >= 0.6 is 0 Å². The normalized spacial score (nSPS) is 10.4. The molecule has 0 heterocycles. The van der Waals surface area contributed by atoms with E-state index in [0.717, 1.165) is 5.56 Å². The van der Waals surface area contributed by atoms with E-state index in [2.05, 4.69) is 13.8 Å². The van der Waals surface area contributed by atoms with Crippen LogP contribution in [0.3, 0.4) is 0 Å². The molecule has 0 atom stereocenters. The Hall–Kier alpha value is -1.38. The number of aromatic hydroxyl groups is 1. The van der Waals surface area contributed by atoms with Crippen LogP contribution in [0.1, 0.15) is 25.3 Å². The van der Waals surface area contributed by atoms with Gasteiger partial charge < -0.3 is 14.6 Å². The van der Waals surface area contributed by atoms with Gasteiger partial charge in [-0.05, 0) is 5.92 Å². The van der Waals surface area contributed by atoms with Crippen molar-refractivity contribution in [2.75, 3.05) is 14.2 Å². The van der Waals surface area contributed by atoms with Crippen LogP contribution in [0.2, 0.25) is 0 Å². The smallest absolute Gasteiger partial charge is 0.129 e. The topological polar surface area (TPSA) is 38.7 Å². The average Bonchev–Trinajstić information content (AvgIpc) is 2.15. The largest absolute Gasteiger partial charge is 0.508 e. The van der Waals surface area contributed by atoms with Crippen LogP contribution in [0.5, 0.6) is 17.2 Å². The van der Waals surface area contributed by atoms with Crippen LogP contribution in [-0.4, -0.2) is 19.3 Å². The van der Waals surface area contributed by atoms with Crippen molar-refractivity contribution in [1.29, 1.82) is 0 Å². The first-order valence-electron chi connectivity index (χ1n) is 4.55. The summed E-state index contributed by atoms with van der Waals surface area (Å²) in [6, 6.07) is 3.19. The summed E-state index contributed by atoms with van der Waals surface area (Å²) in [5, 5.41) is 9.40. The SMILES string of the molecule is COc1cc(O)cc(OC)c1C(C)C. The van der Waals surface area contributed by atoms with Gasteiger partial charge >= 0.3 is 0 Å². The molecule has 1 rings (SSSR count). The van der Waals surface area contributed by atoms with Crippen molar-refractivity contribution < 1.29 is 14.6 Å². The summed E-state index contributed by atoms with van der Waals surface area (Å²) in [6.45, 7) is 4.11. The van der Waals surface area contributed by atoms with E-state index in [9.17, 15) is 5.11 Å². The molecule has 0 amide bonds. The number of rotatable bonds is 3. The van der Waals surface area contributed by atoms with E-state index >= 15 is 0 Å². The van der Waals surface area contributed by atoms with Crippen LogP contribution in [-0.2, 0) is 0 Å². The lowest BCUT2D eigenvalue weighted by Gasteiger charge is -2.16. The van der Waals surface area contributed by atoms with Gasteiger partial charge in [0.05, 0.1) is 14.2 Å². The van der Waals surface area contributed by atoms with Crippen molar-refractivity contribution in [3.63, 3.8) is 0 Å². The van der Waals surface area contributed by atoms with Crippen molar-refractivity contribution in [2.45, 2.75) is 19.8 Å². The van der Waals surface area contributed by atoms with Crippen molar-refractivity contribution >= 4 is 0 Å². The molecule has 0 unspecified atom stereocenters. The fraction of sp³-hybridized carbons (Fsp3) is 0.455. The molecule has 1 aromatic rings. The van der Waals surface area contributed by atoms with E-state index in [-0.39, 0.29) is 5.75 Å². The molecule has 0 saturated heterocycles. The van der Waals surface area contributed by atoms with Crippen molar-refractivity contribution in [2.24, 2.45) is 0 Å². The van der Waals surface area contributed by atoms with Gasteiger partial charge in [-0.1, -0.05) is 13.8 Å². The first-order chi connectivity index (χ1) is 6.60. The van der Waals surface area contributed by atoms with Crippen LogP contribution < -0.4 is 9.47 Å². The highest BCUT2D eigenvalue weighted by Gasteiger charge is 2.15. The molecule has 0 aromatic heterocycles. The second-order valence-electron chi connectivity index (χ2n) is 3.42. The molecule has 0 aliphatic heterocycles. The average molecular weight is 196 g/mol. The second kappa shape index (κ2) is 4.22. The van der Waals surface area contributed by atoms with E-state index in [1.807, 2.05) is 0 Å². The standard InChI is InChI=1S/C11H16O3/c1-7(2)11-9(13-3)5-8(12)6-10(11)14-4/h5-7,12H,1-4H3. The maximum absolute atomic E-state index is 9.40. The van der Waals surface area contributed by atoms with Gasteiger partial charge in [-0.3, -0.25) is 0 Å². The Bertz CT molecular complexity index is 293. The van der Waals surface area contributed by atoms with Gasteiger partial charge in [-0.25, -0.2) is 0 Å². The van der Waals surface area contributed by atoms with Gasteiger partial charge in [-0.2, -0.15) is 0 Å². The monoisotopic (exact) mass is 196 g/mol. The number of methoxy groups -OCH3 is 2. The van der Waals surface area contributed by atoms with Gasteiger partial charge in [0.25, 0.3) is 0 Å². The van der Waals surface area contributed by atoms with Crippen LogP contribution in [0.25, 0.3) is 0 Å². The molecule has 0 fully saturated rings. The highest BCUT2D eigenvalue weighted by atomic mass is 16.5. The van der Waals surface area contributed by atoms with Gasteiger partial charge in [-0.15, -0.1) is 0 Å². The van der Waals surface area contributed by atoms with Crippen molar-refractivity contribution in [3.8, 4) is 17.2 Å². The lowest BCUT2D eigenvalue weighted by Crippen LogP contribution is -1.98. The molecule has 14 heavy (non-hydrogen) atoms. The molecular formula is C11H16O3. The Kier molecular flexibility index (Phi) is 3.23. The molecule has 0 aliphatic rings. The fourth-order valence-corrected chi connectivity index (χ4v) is 1.49. The molecule has 3 nitrogen and oxygen atoms in total. The van der Waals surface area contributed by atoms with Crippen molar-refractivity contribution in [1.82, 2.24) is 0 Å². The fourth-order valence-electron chi connectivity index (χ4n) is 1.49. The zero-order valence-electron chi connectivity index (χ0n) is 9.00. The van der Waals surface area contributed by atoms with E-state index in [0.29, 0.717) is 17.4 Å². The third-order valence-corrected chi connectivity index (χ3v) is 2.11. The minimum Gasteiger partial charge on any atom is -0.508 e. The van der Waals surface area contributed by atoms with Gasteiger partial charge in [0, 0.05) is 17.7 Å². The summed E-state index contributed by atoms with van der Waals surface area (Å²) >= 11 is 0. The number of phenols is 1. The third-order valence-electron chi connectivity index (χ3n) is 2.11. The molecule has 0 bridgehead atoms. The zero-order chi connectivity index (χ0) is 10.7. The third kappa shape index (κ3) is 1.92. The summed E-state index contributed by atoms with van der Waals surface area (Å²) in [7, 11) is 3.17. The van der Waals surface area contributed by atoms with Gasteiger partial charge in [0.1, 0.15) is 17.2 Å². The molecule has 78 valence electrons. The van der Waals surface area contributed by atoms with E-state index < -0.39 is 0 Å². The molecular weight excluding hydrogens is 180 g/mol. The highest BCUT2D eigenvalue weighted by molar-refractivity contribution is 5.51. The molecule has 1 aromatic carbocycles. The number of ether oxygens (including phenoxy) is 2. The van der Waals surface area contributed by atoms with Crippen LogP contribution in [0.15, 0.2) is 12.1 Å². The number of hydrogen-bond acceptors (Lipinski definition) is 3. The quantitative estimate of drug-likeness (QED) is 0.807. The Balaban J connectivity index is 3.33. The van der Waals surface area contributed by atoms with E-state index in [1.54, 1.807) is 26.4 Å². The summed E-state index contributed by atoms with van der Waals surface area (Å²) in [5.41, 5.74) is 0.979. The first kappa shape index (κ1) is 10.7. The highest BCUT2D eigenvalue weighted by Crippen LogP contribution is 2.38. The summed E-state index contributed by atoms with van der Waals surface area (Å²) in [4.78, 5) is 0. The lowest BCUT2D eigenvalue weighted by molar-refractivity contribution is 0.373. The maximum atomic E-state index is 9.40. The van der Waals surface area contributed by atoms with Crippen LogP contribution in [0.4, 0.5) is 0 Å². The second-order valence-corrected chi connectivity index (χ2v) is 3.42. The molecule has 0 spiro atoms. The maximum Gasteiger partial charge on any atom is 0.129 e. The van der Waals surface area contributed by atoms with E-state index in [4.69, 9.17) is 9.47 Å². The number of benzene rings is 1. The van der Waals surface area contributed by atoms with Gasteiger partial charge in [0.15, 0.2) is 0 Å². The van der Waals surface area contributed by atoms with E-state index in [1.165, 1.54) is 0 Å². The first-order valence-corrected chi connectivity index (χ1v) is 4.55.